The highest BCUT2D eigenvalue weighted by molar-refractivity contribution is 5.87. The van der Waals surface area contributed by atoms with Crippen LogP contribution >= 0.6 is 0 Å². The van der Waals surface area contributed by atoms with Crippen LogP contribution in [-0.4, -0.2) is 17.4 Å². The minimum atomic E-state index is -0.833. The maximum absolute atomic E-state index is 11.7. The molecule has 2 rings (SSSR count). The van der Waals surface area contributed by atoms with Gasteiger partial charge >= 0.3 is 5.97 Å². The van der Waals surface area contributed by atoms with Crippen LogP contribution in [0.2, 0.25) is 0 Å². The molecule has 2 aromatic rings. The summed E-state index contributed by atoms with van der Waals surface area (Å²) in [6.45, 7) is 12.6. The monoisotopic (exact) mass is 382 g/mol. The smallest absolute Gasteiger partial charge is 0.336 e. The van der Waals surface area contributed by atoms with Gasteiger partial charge in [-0.1, -0.05) is 45.5 Å². The Morgan fingerprint density at radius 2 is 1.79 bits per heavy atom. The van der Waals surface area contributed by atoms with E-state index >= 15 is 0 Å². The largest absolute Gasteiger partial charge is 0.505 e. The Labute approximate surface area is 165 Å². The van der Waals surface area contributed by atoms with Gasteiger partial charge in [0.25, 0.3) is 0 Å². The van der Waals surface area contributed by atoms with E-state index in [0.717, 1.165) is 0 Å². The predicted molar refractivity (Wildman–Crippen MR) is 108 cm³/mol. The predicted octanol–water partition coefficient (Wildman–Crippen LogP) is 5.95. The third-order valence-electron chi connectivity index (χ3n) is 3.82. The number of aromatic hydroxyl groups is 1. The Hall–Kier alpha value is -3.15. The first-order valence-electron chi connectivity index (χ1n) is 8.95. The molecule has 6 nitrogen and oxygen atoms in total. The lowest BCUT2D eigenvalue weighted by atomic mass is 9.86. The number of hydrogen-bond donors (Lipinski definition) is 1. The molecule has 2 aromatic carbocycles. The van der Waals surface area contributed by atoms with Crippen molar-refractivity contribution in [1.82, 2.24) is 0 Å². The van der Waals surface area contributed by atoms with Gasteiger partial charge in [0.2, 0.25) is 6.29 Å². The van der Waals surface area contributed by atoms with Crippen molar-refractivity contribution in [3.05, 3.63) is 60.2 Å². The lowest BCUT2D eigenvalue weighted by Crippen LogP contribution is -2.21. The number of benzene rings is 2. The summed E-state index contributed by atoms with van der Waals surface area (Å²) in [6, 6.07) is 12.5. The first-order chi connectivity index (χ1) is 13.1. The van der Waals surface area contributed by atoms with E-state index in [0.29, 0.717) is 17.0 Å². The summed E-state index contributed by atoms with van der Waals surface area (Å²) in [6.07, 6.45) is -0.833. The molecule has 0 fully saturated rings. The number of hydrogen-bond acceptors (Lipinski definition) is 6. The number of azo groups is 1. The number of phenols is 1. The van der Waals surface area contributed by atoms with Crippen LogP contribution in [0.4, 0.5) is 11.4 Å². The van der Waals surface area contributed by atoms with Gasteiger partial charge in [0.1, 0.15) is 17.2 Å². The van der Waals surface area contributed by atoms with Gasteiger partial charge in [-0.05, 0) is 30.5 Å². The molecular weight excluding hydrogens is 356 g/mol. The van der Waals surface area contributed by atoms with Crippen molar-refractivity contribution in [2.24, 2.45) is 10.2 Å². The van der Waals surface area contributed by atoms with Gasteiger partial charge in [-0.2, -0.15) is 5.11 Å². The van der Waals surface area contributed by atoms with Gasteiger partial charge in [0.15, 0.2) is 0 Å². The molecule has 1 unspecified atom stereocenters. The molecule has 0 bridgehead atoms. The van der Waals surface area contributed by atoms with Crippen LogP contribution in [0, 0.1) is 0 Å². The number of carbonyl (C=O) groups excluding carboxylic acids is 1. The van der Waals surface area contributed by atoms with Gasteiger partial charge in [0.05, 0.1) is 5.69 Å². The standard InChI is InChI=1S/C22H26N2O4/c1-14(2)21(26)28-15(3)27-17-12-18(22(4,5)6)20(25)19(13-17)24-23-16-10-8-7-9-11-16/h7-13,15,25H,1H2,2-6H3/b24-23+. The number of rotatable bonds is 6. The average molecular weight is 382 g/mol. The normalized spacial score (nSPS) is 12.6. The molecule has 0 heterocycles. The fraction of sp³-hybridized carbons (Fsp3) is 0.318. The number of nitrogens with zero attached hydrogens (tertiary/aromatic N) is 2. The summed E-state index contributed by atoms with van der Waals surface area (Å²) in [5, 5.41) is 19.0. The first kappa shape index (κ1) is 21.2. The summed E-state index contributed by atoms with van der Waals surface area (Å²) in [5.74, 6) is -0.0934. The molecule has 0 saturated carbocycles. The summed E-state index contributed by atoms with van der Waals surface area (Å²) >= 11 is 0. The third kappa shape index (κ3) is 5.67. The molecule has 0 saturated heterocycles. The number of ether oxygens (including phenoxy) is 2. The molecule has 0 aliphatic carbocycles. The second-order valence-corrected chi connectivity index (χ2v) is 7.50. The molecule has 1 N–H and O–H groups in total. The molecular formula is C22H26N2O4. The molecule has 0 radical (unpaired) electrons. The van der Waals surface area contributed by atoms with Crippen molar-refractivity contribution in [1.29, 1.82) is 0 Å². The van der Waals surface area contributed by atoms with Crippen molar-refractivity contribution in [3.8, 4) is 11.5 Å². The van der Waals surface area contributed by atoms with Crippen LogP contribution in [-0.2, 0) is 14.9 Å². The third-order valence-corrected chi connectivity index (χ3v) is 3.82. The lowest BCUT2D eigenvalue weighted by Gasteiger charge is -2.23. The SMILES string of the molecule is C=C(C)C(=O)OC(C)Oc1cc(/N=N/c2ccccc2)c(O)c(C(C)(C)C)c1. The van der Waals surface area contributed by atoms with E-state index in [9.17, 15) is 9.90 Å². The van der Waals surface area contributed by atoms with Crippen molar-refractivity contribution >= 4 is 17.3 Å². The Kier molecular flexibility index (Phi) is 6.57. The molecule has 6 heteroatoms. The Morgan fingerprint density at radius 3 is 2.36 bits per heavy atom. The summed E-state index contributed by atoms with van der Waals surface area (Å²) < 4.78 is 10.9. The van der Waals surface area contributed by atoms with E-state index in [-0.39, 0.29) is 22.4 Å². The fourth-order valence-electron chi connectivity index (χ4n) is 2.38. The van der Waals surface area contributed by atoms with E-state index in [1.807, 2.05) is 51.1 Å². The fourth-order valence-corrected chi connectivity index (χ4v) is 2.38. The topological polar surface area (TPSA) is 80.5 Å². The molecule has 28 heavy (non-hydrogen) atoms. The molecule has 1 atom stereocenters. The summed E-state index contributed by atoms with van der Waals surface area (Å²) in [5.41, 5.74) is 1.50. The van der Waals surface area contributed by atoms with Gasteiger partial charge in [-0.3, -0.25) is 0 Å². The second kappa shape index (κ2) is 8.69. The van der Waals surface area contributed by atoms with E-state index in [1.165, 1.54) is 0 Å². The number of phenolic OH excluding ortho intramolecular Hbond substituents is 1. The maximum atomic E-state index is 11.7. The zero-order valence-corrected chi connectivity index (χ0v) is 16.9. The van der Waals surface area contributed by atoms with Crippen LogP contribution in [0.1, 0.15) is 40.2 Å². The molecule has 148 valence electrons. The highest BCUT2D eigenvalue weighted by atomic mass is 16.7. The zero-order valence-electron chi connectivity index (χ0n) is 16.9. The average Bonchev–Trinajstić information content (AvgIpc) is 2.61. The van der Waals surface area contributed by atoms with Crippen molar-refractivity contribution in [2.45, 2.75) is 46.3 Å². The molecule has 0 aliphatic heterocycles. The molecule has 0 amide bonds. The van der Waals surface area contributed by atoms with Crippen LogP contribution in [0.15, 0.2) is 64.8 Å². The van der Waals surface area contributed by atoms with Gasteiger partial charge in [-0.25, -0.2) is 4.79 Å². The lowest BCUT2D eigenvalue weighted by molar-refractivity contribution is -0.156. The quantitative estimate of drug-likeness (QED) is 0.290. The number of carbonyl (C=O) groups is 1. The van der Waals surface area contributed by atoms with E-state index < -0.39 is 12.3 Å². The molecule has 0 spiro atoms. The maximum Gasteiger partial charge on any atom is 0.336 e. The Morgan fingerprint density at radius 1 is 1.14 bits per heavy atom. The molecule has 0 aromatic heterocycles. The van der Waals surface area contributed by atoms with Crippen LogP contribution in [0.5, 0.6) is 11.5 Å². The highest BCUT2D eigenvalue weighted by Gasteiger charge is 2.23. The minimum absolute atomic E-state index is 0.0334. The summed E-state index contributed by atoms with van der Waals surface area (Å²) in [4.78, 5) is 11.7. The van der Waals surface area contributed by atoms with E-state index in [1.54, 1.807) is 26.0 Å². The Bertz CT molecular complexity index is 883. The highest BCUT2D eigenvalue weighted by Crippen LogP contribution is 2.41. The van der Waals surface area contributed by atoms with Gasteiger partial charge in [-0.15, -0.1) is 5.11 Å². The zero-order chi connectivity index (χ0) is 20.9. The van der Waals surface area contributed by atoms with Crippen molar-refractivity contribution in [3.63, 3.8) is 0 Å². The number of esters is 1. The van der Waals surface area contributed by atoms with E-state index in [2.05, 4.69) is 16.8 Å². The van der Waals surface area contributed by atoms with Gasteiger partial charge in [0, 0.05) is 24.1 Å². The van der Waals surface area contributed by atoms with Gasteiger partial charge < -0.3 is 14.6 Å². The molecule has 0 aliphatic rings. The van der Waals surface area contributed by atoms with E-state index in [4.69, 9.17) is 9.47 Å². The summed E-state index contributed by atoms with van der Waals surface area (Å²) in [7, 11) is 0. The van der Waals surface area contributed by atoms with Crippen LogP contribution in [0.25, 0.3) is 0 Å². The Balaban J connectivity index is 2.36. The van der Waals surface area contributed by atoms with Crippen LogP contribution in [0.3, 0.4) is 0 Å². The second-order valence-electron chi connectivity index (χ2n) is 7.50. The first-order valence-corrected chi connectivity index (χ1v) is 8.95. The van der Waals surface area contributed by atoms with Crippen LogP contribution < -0.4 is 4.74 Å². The van der Waals surface area contributed by atoms with Crippen molar-refractivity contribution < 1.29 is 19.4 Å². The minimum Gasteiger partial charge on any atom is -0.505 e. The van der Waals surface area contributed by atoms with Crippen molar-refractivity contribution in [2.75, 3.05) is 0 Å².